The van der Waals surface area contributed by atoms with E-state index in [1.807, 2.05) is 0 Å². The quantitative estimate of drug-likeness (QED) is 0.648. The van der Waals surface area contributed by atoms with Crippen molar-refractivity contribution in [2.45, 2.75) is 13.3 Å². The molecule has 3 N–H and O–H groups in total. The van der Waals surface area contributed by atoms with Gasteiger partial charge in [-0.25, -0.2) is 4.79 Å². The molecular formula is C8H13N3O2. The van der Waals surface area contributed by atoms with Gasteiger partial charge in [-0.3, -0.25) is 5.10 Å². The third kappa shape index (κ3) is 2.55. The molecule has 0 amide bonds. The molecule has 0 saturated heterocycles. The van der Waals surface area contributed by atoms with E-state index in [1.165, 1.54) is 0 Å². The van der Waals surface area contributed by atoms with Crippen LogP contribution >= 0.6 is 0 Å². The molecule has 5 heteroatoms. The first-order chi connectivity index (χ1) is 6.27. The van der Waals surface area contributed by atoms with E-state index in [4.69, 9.17) is 10.5 Å². The summed E-state index contributed by atoms with van der Waals surface area (Å²) in [7, 11) is 0. The first kappa shape index (κ1) is 9.73. The molecule has 0 aliphatic rings. The van der Waals surface area contributed by atoms with Crippen LogP contribution in [0, 0.1) is 0 Å². The minimum atomic E-state index is -0.401. The molecule has 0 aliphatic heterocycles. The van der Waals surface area contributed by atoms with E-state index >= 15 is 0 Å². The predicted molar refractivity (Wildman–Crippen MR) is 47.3 cm³/mol. The Morgan fingerprint density at radius 2 is 2.54 bits per heavy atom. The van der Waals surface area contributed by atoms with E-state index in [2.05, 4.69) is 10.2 Å². The van der Waals surface area contributed by atoms with Gasteiger partial charge in [-0.15, -0.1) is 0 Å². The van der Waals surface area contributed by atoms with Gasteiger partial charge in [-0.1, -0.05) is 0 Å². The molecule has 0 spiro atoms. The van der Waals surface area contributed by atoms with Crippen molar-refractivity contribution in [2.24, 2.45) is 5.73 Å². The molecule has 0 aliphatic carbocycles. The van der Waals surface area contributed by atoms with Gasteiger partial charge in [0, 0.05) is 12.1 Å². The van der Waals surface area contributed by atoms with Gasteiger partial charge in [0.1, 0.15) is 0 Å². The maximum Gasteiger partial charge on any atom is 0.358 e. The van der Waals surface area contributed by atoms with Gasteiger partial charge in [-0.2, -0.15) is 5.10 Å². The Bertz CT molecular complexity index is 283. The predicted octanol–water partition coefficient (Wildman–Crippen LogP) is 0.0876. The standard InChI is InChI=1S/C8H13N3O2/c1-2-13-8(12)7-5-6(3-4-9)10-11-7/h5H,2-4,9H2,1H3,(H,10,11). The highest BCUT2D eigenvalue weighted by Gasteiger charge is 2.10. The van der Waals surface area contributed by atoms with Crippen molar-refractivity contribution in [2.75, 3.05) is 13.2 Å². The summed E-state index contributed by atoms with van der Waals surface area (Å²) in [5.41, 5.74) is 6.50. The van der Waals surface area contributed by atoms with Gasteiger partial charge in [-0.05, 0) is 19.5 Å². The second kappa shape index (κ2) is 4.61. The molecule has 1 rings (SSSR count). The molecule has 0 radical (unpaired) electrons. The van der Waals surface area contributed by atoms with Gasteiger partial charge in [0.25, 0.3) is 0 Å². The first-order valence-electron chi connectivity index (χ1n) is 4.19. The van der Waals surface area contributed by atoms with Crippen molar-refractivity contribution < 1.29 is 9.53 Å². The van der Waals surface area contributed by atoms with Crippen LogP contribution in [0.15, 0.2) is 6.07 Å². The smallest absolute Gasteiger partial charge is 0.358 e. The van der Waals surface area contributed by atoms with Crippen LogP contribution in [0.3, 0.4) is 0 Å². The third-order valence-corrected chi connectivity index (χ3v) is 1.53. The number of ether oxygens (including phenoxy) is 1. The SMILES string of the molecule is CCOC(=O)c1cc(CCN)[nH]n1. The van der Waals surface area contributed by atoms with Crippen molar-refractivity contribution in [3.8, 4) is 0 Å². The van der Waals surface area contributed by atoms with Crippen LogP contribution in [-0.2, 0) is 11.2 Å². The first-order valence-corrected chi connectivity index (χ1v) is 4.19. The molecule has 1 aromatic heterocycles. The van der Waals surface area contributed by atoms with Crippen molar-refractivity contribution in [3.05, 3.63) is 17.5 Å². The molecular weight excluding hydrogens is 170 g/mol. The maximum atomic E-state index is 11.1. The molecule has 0 aromatic carbocycles. The summed E-state index contributed by atoms with van der Waals surface area (Å²) in [6.07, 6.45) is 0.687. The highest BCUT2D eigenvalue weighted by Crippen LogP contribution is 2.01. The fraction of sp³-hybridized carbons (Fsp3) is 0.500. The number of carbonyl (C=O) groups excluding carboxylic acids is 1. The number of aromatic amines is 1. The van der Waals surface area contributed by atoms with E-state index in [0.717, 1.165) is 5.69 Å². The minimum Gasteiger partial charge on any atom is -0.461 e. The monoisotopic (exact) mass is 183 g/mol. The Morgan fingerprint density at radius 3 is 3.15 bits per heavy atom. The summed E-state index contributed by atoms with van der Waals surface area (Å²) in [6, 6.07) is 1.66. The number of H-pyrrole nitrogens is 1. The van der Waals surface area contributed by atoms with Crippen LogP contribution in [-0.4, -0.2) is 29.3 Å². The molecule has 13 heavy (non-hydrogen) atoms. The zero-order valence-electron chi connectivity index (χ0n) is 7.54. The van der Waals surface area contributed by atoms with Crippen molar-refractivity contribution in [3.63, 3.8) is 0 Å². The van der Waals surface area contributed by atoms with E-state index in [9.17, 15) is 4.79 Å². The van der Waals surface area contributed by atoms with Crippen molar-refractivity contribution >= 4 is 5.97 Å². The number of hydrogen-bond acceptors (Lipinski definition) is 4. The zero-order chi connectivity index (χ0) is 9.68. The van der Waals surface area contributed by atoms with Crippen LogP contribution in [0.5, 0.6) is 0 Å². The highest BCUT2D eigenvalue weighted by molar-refractivity contribution is 5.87. The zero-order valence-corrected chi connectivity index (χ0v) is 7.54. The largest absolute Gasteiger partial charge is 0.461 e. The molecule has 0 unspecified atom stereocenters. The Morgan fingerprint density at radius 1 is 1.77 bits per heavy atom. The second-order valence-electron chi connectivity index (χ2n) is 2.54. The lowest BCUT2D eigenvalue weighted by Crippen LogP contribution is -2.04. The van der Waals surface area contributed by atoms with Crippen molar-refractivity contribution in [1.29, 1.82) is 0 Å². The number of hydrogen-bond donors (Lipinski definition) is 2. The van der Waals surface area contributed by atoms with Gasteiger partial charge < -0.3 is 10.5 Å². The summed E-state index contributed by atoms with van der Waals surface area (Å²) in [4.78, 5) is 11.1. The Balaban J connectivity index is 2.62. The Hall–Kier alpha value is -1.36. The lowest BCUT2D eigenvalue weighted by atomic mass is 10.3. The fourth-order valence-electron chi connectivity index (χ4n) is 0.955. The van der Waals surface area contributed by atoms with Crippen LogP contribution in [0.2, 0.25) is 0 Å². The molecule has 72 valence electrons. The summed E-state index contributed by atoms with van der Waals surface area (Å²) >= 11 is 0. The van der Waals surface area contributed by atoms with Crippen LogP contribution in [0.25, 0.3) is 0 Å². The molecule has 0 bridgehead atoms. The molecule has 5 nitrogen and oxygen atoms in total. The highest BCUT2D eigenvalue weighted by atomic mass is 16.5. The Kier molecular flexibility index (Phi) is 3.45. The average Bonchev–Trinajstić information content (AvgIpc) is 2.54. The summed E-state index contributed by atoms with van der Waals surface area (Å²) < 4.78 is 4.77. The van der Waals surface area contributed by atoms with Crippen molar-refractivity contribution in [1.82, 2.24) is 10.2 Å². The van der Waals surface area contributed by atoms with Crippen LogP contribution in [0.4, 0.5) is 0 Å². The van der Waals surface area contributed by atoms with E-state index in [1.54, 1.807) is 13.0 Å². The summed E-state index contributed by atoms with van der Waals surface area (Å²) in [6.45, 7) is 2.65. The summed E-state index contributed by atoms with van der Waals surface area (Å²) in [5, 5.41) is 6.51. The molecule has 0 fully saturated rings. The normalized spacial score (nSPS) is 10.0. The van der Waals surface area contributed by atoms with Crippen LogP contribution in [0.1, 0.15) is 23.1 Å². The second-order valence-corrected chi connectivity index (χ2v) is 2.54. The maximum absolute atomic E-state index is 11.1. The number of aromatic nitrogens is 2. The fourth-order valence-corrected chi connectivity index (χ4v) is 0.955. The lowest BCUT2D eigenvalue weighted by molar-refractivity contribution is 0.0519. The van der Waals surface area contributed by atoms with Gasteiger partial charge >= 0.3 is 5.97 Å². The molecule has 0 atom stereocenters. The number of carbonyl (C=O) groups is 1. The summed E-state index contributed by atoms with van der Waals surface area (Å²) in [5.74, 6) is -0.401. The Labute approximate surface area is 76.3 Å². The molecule has 1 aromatic rings. The topological polar surface area (TPSA) is 81.0 Å². The van der Waals surface area contributed by atoms with Gasteiger partial charge in [0.05, 0.1) is 6.61 Å². The van der Waals surface area contributed by atoms with E-state index in [-0.39, 0.29) is 0 Å². The number of rotatable bonds is 4. The van der Waals surface area contributed by atoms with Gasteiger partial charge in [0.2, 0.25) is 0 Å². The number of nitrogens with zero attached hydrogens (tertiary/aromatic N) is 1. The van der Waals surface area contributed by atoms with E-state index in [0.29, 0.717) is 25.3 Å². The minimum absolute atomic E-state index is 0.310. The average molecular weight is 183 g/mol. The molecule has 1 heterocycles. The lowest BCUT2D eigenvalue weighted by Gasteiger charge is -1.95. The molecule has 0 saturated carbocycles. The van der Waals surface area contributed by atoms with Gasteiger partial charge in [0.15, 0.2) is 5.69 Å². The number of nitrogens with two attached hydrogens (primary N) is 1. The third-order valence-electron chi connectivity index (χ3n) is 1.53. The van der Waals surface area contributed by atoms with Crippen LogP contribution < -0.4 is 5.73 Å². The van der Waals surface area contributed by atoms with E-state index < -0.39 is 5.97 Å². The number of esters is 1. The number of nitrogens with one attached hydrogen (secondary N) is 1.